The summed E-state index contributed by atoms with van der Waals surface area (Å²) >= 11 is 0. The smallest absolute Gasteiger partial charge is 0.313 e. The number of hydrogen-bond acceptors (Lipinski definition) is 5. The number of Topliss-reactive ketones (excluding diaryl/α,β-unsaturated/α-hetero) is 1. The van der Waals surface area contributed by atoms with Gasteiger partial charge in [0, 0.05) is 0 Å². The fourth-order valence-electron chi connectivity index (χ4n) is 0.717. The van der Waals surface area contributed by atoms with Gasteiger partial charge in [0.15, 0.2) is 5.79 Å². The molecule has 86 valence electrons. The first kappa shape index (κ1) is 13.8. The Morgan fingerprint density at radius 1 is 1.47 bits per heavy atom. The summed E-state index contributed by atoms with van der Waals surface area (Å²) in [7, 11) is 0. The normalized spacial score (nSPS) is 14.1. The number of carbonyl (C=O) groups is 2. The van der Waals surface area contributed by atoms with Crippen LogP contribution in [0, 0.1) is 0 Å². The molecule has 0 saturated heterocycles. The standard InChI is InChI=1S/C10H16O5/c1-4-10(3,13)15-6-5-14-9(12)7-8(2)11/h4,13H,1,5-7H2,2-3H3/t10-/m1/s1. The molecular formula is C10H16O5. The third-order valence-corrected chi connectivity index (χ3v) is 1.51. The molecule has 0 aliphatic carbocycles. The van der Waals surface area contributed by atoms with E-state index < -0.39 is 11.8 Å². The van der Waals surface area contributed by atoms with Crippen molar-refractivity contribution in [2.24, 2.45) is 0 Å². The van der Waals surface area contributed by atoms with Crippen LogP contribution in [-0.2, 0) is 19.1 Å². The van der Waals surface area contributed by atoms with Crippen molar-refractivity contribution in [2.45, 2.75) is 26.1 Å². The van der Waals surface area contributed by atoms with Crippen molar-refractivity contribution in [3.05, 3.63) is 12.7 Å². The van der Waals surface area contributed by atoms with E-state index >= 15 is 0 Å². The summed E-state index contributed by atoms with van der Waals surface area (Å²) < 4.78 is 9.57. The van der Waals surface area contributed by atoms with Gasteiger partial charge in [-0.3, -0.25) is 9.59 Å². The highest BCUT2D eigenvalue weighted by atomic mass is 16.6. The van der Waals surface area contributed by atoms with Crippen LogP contribution in [0.15, 0.2) is 12.7 Å². The SMILES string of the molecule is C=C[C@](C)(O)OCCOC(=O)CC(C)=O. The summed E-state index contributed by atoms with van der Waals surface area (Å²) in [5, 5.41) is 9.30. The Hall–Kier alpha value is -1.20. The van der Waals surface area contributed by atoms with Gasteiger partial charge >= 0.3 is 5.97 Å². The molecule has 0 bridgehead atoms. The molecule has 0 rings (SSSR count). The van der Waals surface area contributed by atoms with Crippen LogP contribution in [0.1, 0.15) is 20.3 Å². The third kappa shape index (κ3) is 7.84. The maximum Gasteiger partial charge on any atom is 0.313 e. The van der Waals surface area contributed by atoms with Crippen molar-refractivity contribution in [3.8, 4) is 0 Å². The van der Waals surface area contributed by atoms with Crippen LogP contribution in [0.25, 0.3) is 0 Å². The van der Waals surface area contributed by atoms with Crippen LogP contribution < -0.4 is 0 Å². The molecule has 0 heterocycles. The predicted octanol–water partition coefficient (Wildman–Crippen LogP) is 0.420. The molecule has 1 N–H and O–H groups in total. The number of carbonyl (C=O) groups excluding carboxylic acids is 2. The summed E-state index contributed by atoms with van der Waals surface area (Å²) in [6, 6.07) is 0. The molecule has 1 atom stereocenters. The highest BCUT2D eigenvalue weighted by Crippen LogP contribution is 2.05. The lowest BCUT2D eigenvalue weighted by molar-refractivity contribution is -0.169. The first-order valence-corrected chi connectivity index (χ1v) is 4.52. The van der Waals surface area contributed by atoms with Crippen LogP contribution in [-0.4, -0.2) is 35.9 Å². The van der Waals surface area contributed by atoms with Gasteiger partial charge in [0.25, 0.3) is 0 Å². The Balaban J connectivity index is 3.59. The van der Waals surface area contributed by atoms with E-state index in [1.807, 2.05) is 0 Å². The quantitative estimate of drug-likeness (QED) is 0.219. The van der Waals surface area contributed by atoms with Crippen molar-refractivity contribution in [1.82, 2.24) is 0 Å². The van der Waals surface area contributed by atoms with E-state index in [1.54, 1.807) is 0 Å². The largest absolute Gasteiger partial charge is 0.463 e. The molecule has 0 aliphatic heterocycles. The lowest BCUT2D eigenvalue weighted by Gasteiger charge is -2.18. The van der Waals surface area contributed by atoms with E-state index in [-0.39, 0.29) is 25.4 Å². The molecule has 0 unspecified atom stereocenters. The summed E-state index contributed by atoms with van der Waals surface area (Å²) in [5.74, 6) is -2.27. The van der Waals surface area contributed by atoms with Crippen molar-refractivity contribution in [3.63, 3.8) is 0 Å². The summed E-state index contributed by atoms with van der Waals surface area (Å²) in [4.78, 5) is 21.4. The molecule has 0 aliphatic rings. The summed E-state index contributed by atoms with van der Waals surface area (Å²) in [6.45, 7) is 6.12. The lowest BCUT2D eigenvalue weighted by atomic mass is 10.3. The van der Waals surface area contributed by atoms with E-state index in [1.165, 1.54) is 19.9 Å². The number of rotatable bonds is 7. The Morgan fingerprint density at radius 3 is 2.53 bits per heavy atom. The second kappa shape index (κ2) is 6.31. The van der Waals surface area contributed by atoms with E-state index in [4.69, 9.17) is 4.74 Å². The number of hydrogen-bond donors (Lipinski definition) is 1. The van der Waals surface area contributed by atoms with E-state index in [0.717, 1.165) is 0 Å². The van der Waals surface area contributed by atoms with Crippen LogP contribution in [0.5, 0.6) is 0 Å². The van der Waals surface area contributed by atoms with Gasteiger partial charge in [-0.2, -0.15) is 0 Å². The average Bonchev–Trinajstić information content (AvgIpc) is 2.11. The molecule has 0 saturated carbocycles. The Morgan fingerprint density at radius 2 is 2.07 bits per heavy atom. The van der Waals surface area contributed by atoms with Gasteiger partial charge in [-0.1, -0.05) is 6.58 Å². The van der Waals surface area contributed by atoms with Crippen molar-refractivity contribution < 1.29 is 24.2 Å². The maximum absolute atomic E-state index is 10.9. The number of ether oxygens (including phenoxy) is 2. The molecule has 0 spiro atoms. The first-order valence-electron chi connectivity index (χ1n) is 4.52. The fraction of sp³-hybridized carbons (Fsp3) is 0.600. The zero-order chi connectivity index (χ0) is 11.9. The van der Waals surface area contributed by atoms with Crippen LogP contribution in [0.2, 0.25) is 0 Å². The molecule has 0 aromatic carbocycles. The lowest BCUT2D eigenvalue weighted by Crippen LogP contribution is -2.27. The molecule has 0 amide bonds. The monoisotopic (exact) mass is 216 g/mol. The van der Waals surface area contributed by atoms with E-state index in [0.29, 0.717) is 0 Å². The van der Waals surface area contributed by atoms with Crippen LogP contribution >= 0.6 is 0 Å². The topological polar surface area (TPSA) is 72.8 Å². The molecule has 15 heavy (non-hydrogen) atoms. The summed E-state index contributed by atoms with van der Waals surface area (Å²) in [5.41, 5.74) is 0. The Bertz CT molecular complexity index is 244. The van der Waals surface area contributed by atoms with Crippen LogP contribution in [0.3, 0.4) is 0 Å². The number of ketones is 1. The van der Waals surface area contributed by atoms with Gasteiger partial charge < -0.3 is 14.6 Å². The third-order valence-electron chi connectivity index (χ3n) is 1.51. The Labute approximate surface area is 88.7 Å². The van der Waals surface area contributed by atoms with Crippen molar-refractivity contribution in [2.75, 3.05) is 13.2 Å². The Kier molecular flexibility index (Phi) is 5.81. The zero-order valence-electron chi connectivity index (χ0n) is 8.99. The van der Waals surface area contributed by atoms with Gasteiger partial charge in [-0.25, -0.2) is 0 Å². The molecule has 0 aromatic rings. The summed E-state index contributed by atoms with van der Waals surface area (Å²) in [6.07, 6.45) is 0.988. The maximum atomic E-state index is 10.9. The molecule has 0 fully saturated rings. The van der Waals surface area contributed by atoms with E-state index in [2.05, 4.69) is 11.3 Å². The highest BCUT2D eigenvalue weighted by Gasteiger charge is 2.15. The van der Waals surface area contributed by atoms with Gasteiger partial charge in [0.05, 0.1) is 6.61 Å². The van der Waals surface area contributed by atoms with Gasteiger partial charge in [0.2, 0.25) is 0 Å². The van der Waals surface area contributed by atoms with Gasteiger partial charge in [-0.05, 0) is 19.9 Å². The van der Waals surface area contributed by atoms with Crippen LogP contribution in [0.4, 0.5) is 0 Å². The van der Waals surface area contributed by atoms with E-state index in [9.17, 15) is 14.7 Å². The zero-order valence-corrected chi connectivity index (χ0v) is 8.99. The second-order valence-electron chi connectivity index (χ2n) is 3.21. The fourth-order valence-corrected chi connectivity index (χ4v) is 0.717. The molecular weight excluding hydrogens is 200 g/mol. The molecule has 5 heteroatoms. The highest BCUT2D eigenvalue weighted by molar-refractivity contribution is 5.94. The van der Waals surface area contributed by atoms with Gasteiger partial charge in [-0.15, -0.1) is 0 Å². The minimum absolute atomic E-state index is 0.00387. The number of esters is 1. The molecule has 5 nitrogen and oxygen atoms in total. The number of aliphatic hydroxyl groups is 1. The van der Waals surface area contributed by atoms with Crippen molar-refractivity contribution >= 4 is 11.8 Å². The first-order chi connectivity index (χ1) is 6.87. The minimum atomic E-state index is -1.42. The second-order valence-corrected chi connectivity index (χ2v) is 3.21. The molecule has 0 radical (unpaired) electrons. The van der Waals surface area contributed by atoms with Crippen molar-refractivity contribution in [1.29, 1.82) is 0 Å². The predicted molar refractivity (Wildman–Crippen MR) is 53.0 cm³/mol. The minimum Gasteiger partial charge on any atom is -0.463 e. The van der Waals surface area contributed by atoms with Gasteiger partial charge in [0.1, 0.15) is 18.8 Å². The average molecular weight is 216 g/mol. The molecule has 0 aromatic heterocycles.